The monoisotopic (exact) mass is 497 g/mol. The molecule has 2 amide bonds. The van der Waals surface area contributed by atoms with E-state index in [-0.39, 0.29) is 6.03 Å². The van der Waals surface area contributed by atoms with Gasteiger partial charge in [0.05, 0.1) is 11.0 Å². The molecule has 0 bridgehead atoms. The topological polar surface area (TPSA) is 138 Å². The van der Waals surface area contributed by atoms with Crippen LogP contribution in [0.15, 0.2) is 88.7 Å². The molecule has 0 saturated carbocycles. The maximum absolute atomic E-state index is 12.3. The van der Waals surface area contributed by atoms with Gasteiger partial charge in [-0.05, 0) is 40.8 Å². The van der Waals surface area contributed by atoms with E-state index in [4.69, 9.17) is 0 Å². The Hall–Kier alpha value is -5.12. The molecule has 2 aromatic heterocycles. The van der Waals surface area contributed by atoms with Gasteiger partial charge < -0.3 is 25.3 Å². The van der Waals surface area contributed by atoms with Crippen LogP contribution in [0, 0.1) is 0 Å². The molecule has 0 atom stereocenters. The van der Waals surface area contributed by atoms with E-state index in [0.717, 1.165) is 26.8 Å². The number of aromatic nitrogens is 3. The van der Waals surface area contributed by atoms with Gasteiger partial charge in [0.1, 0.15) is 6.54 Å². The predicted octanol–water partition coefficient (Wildman–Crippen LogP) is 2.72. The first-order valence-corrected chi connectivity index (χ1v) is 11.5. The molecular weight excluding hydrogens is 474 g/mol. The third-order valence-corrected chi connectivity index (χ3v) is 6.05. The van der Waals surface area contributed by atoms with Crippen LogP contribution in [0.2, 0.25) is 0 Å². The fourth-order valence-electron chi connectivity index (χ4n) is 4.23. The molecule has 0 aliphatic rings. The summed E-state index contributed by atoms with van der Waals surface area (Å²) < 4.78 is 2.84. The Balaban J connectivity index is 1.38. The van der Waals surface area contributed by atoms with Crippen LogP contribution in [0.25, 0.3) is 27.5 Å². The van der Waals surface area contributed by atoms with Gasteiger partial charge in [0.2, 0.25) is 0 Å². The minimum atomic E-state index is -1.22. The molecular formula is C27H23N5O5. The van der Waals surface area contributed by atoms with Gasteiger partial charge in [-0.25, -0.2) is 4.79 Å². The minimum absolute atomic E-state index is 0.273. The van der Waals surface area contributed by atoms with Crippen LogP contribution in [0.1, 0.15) is 11.1 Å². The number of carboxylic acids is 1. The van der Waals surface area contributed by atoms with Crippen LogP contribution >= 0.6 is 0 Å². The second kappa shape index (κ2) is 9.86. The molecule has 4 N–H and O–H groups in total. The number of carboxylic acid groups (broad SMARTS) is 1. The second-order valence-corrected chi connectivity index (χ2v) is 8.55. The lowest BCUT2D eigenvalue weighted by Gasteiger charge is -2.11. The van der Waals surface area contributed by atoms with Gasteiger partial charge in [0.15, 0.2) is 0 Å². The number of urea groups is 1. The Morgan fingerprint density at radius 2 is 1.62 bits per heavy atom. The number of nitrogens with one attached hydrogen (secondary N) is 3. The molecule has 5 aromatic rings. The quantitative estimate of drug-likeness (QED) is 0.202. The number of carbonyl (C=O) groups excluding carboxylic acids is 1. The van der Waals surface area contributed by atoms with Crippen LogP contribution in [0.3, 0.4) is 0 Å². The molecule has 0 unspecified atom stereocenters. The highest BCUT2D eigenvalue weighted by Gasteiger charge is 2.13. The highest BCUT2D eigenvalue weighted by molar-refractivity contribution is 6.04. The molecule has 10 heteroatoms. The van der Waals surface area contributed by atoms with Crippen molar-refractivity contribution in [2.24, 2.45) is 0 Å². The number of amides is 2. The van der Waals surface area contributed by atoms with Crippen molar-refractivity contribution in [3.8, 4) is 5.69 Å². The molecule has 2 heterocycles. The zero-order valence-corrected chi connectivity index (χ0v) is 19.6. The highest BCUT2D eigenvalue weighted by Crippen LogP contribution is 2.25. The first kappa shape index (κ1) is 23.6. The average molecular weight is 498 g/mol. The number of hydrogen-bond acceptors (Lipinski definition) is 4. The second-order valence-electron chi connectivity index (χ2n) is 8.55. The van der Waals surface area contributed by atoms with Crippen LogP contribution in [0.5, 0.6) is 0 Å². The predicted molar refractivity (Wildman–Crippen MR) is 139 cm³/mol. The van der Waals surface area contributed by atoms with Crippen molar-refractivity contribution in [2.45, 2.75) is 19.6 Å². The smallest absolute Gasteiger partial charge is 0.323 e. The molecule has 5 rings (SSSR count). The molecule has 186 valence electrons. The Morgan fingerprint density at radius 1 is 0.892 bits per heavy atom. The van der Waals surface area contributed by atoms with E-state index in [2.05, 4.69) is 15.6 Å². The molecule has 0 saturated heterocycles. The molecule has 10 nitrogen and oxygen atoms in total. The Bertz CT molecular complexity index is 1750. The number of nitrogens with zero attached hydrogens (tertiary/aromatic N) is 2. The van der Waals surface area contributed by atoms with Crippen LogP contribution in [-0.4, -0.2) is 31.2 Å². The van der Waals surface area contributed by atoms with Crippen molar-refractivity contribution in [3.05, 3.63) is 111 Å². The fourth-order valence-corrected chi connectivity index (χ4v) is 4.23. The summed E-state index contributed by atoms with van der Waals surface area (Å²) in [5.74, 6) is -1.22. The summed E-state index contributed by atoms with van der Waals surface area (Å²) in [6.45, 7) is 0.150. The van der Waals surface area contributed by atoms with E-state index in [1.54, 1.807) is 12.1 Å². The number of carbonyl (C=O) groups is 2. The first-order chi connectivity index (χ1) is 17.9. The van der Waals surface area contributed by atoms with E-state index < -0.39 is 23.6 Å². The first-order valence-electron chi connectivity index (χ1n) is 11.5. The number of aliphatic carboxylic acids is 1. The van der Waals surface area contributed by atoms with Crippen molar-refractivity contribution in [3.63, 3.8) is 0 Å². The summed E-state index contributed by atoms with van der Waals surface area (Å²) in [7, 11) is 0. The number of fused-ring (bicyclic) bond motifs is 3. The van der Waals surface area contributed by atoms with E-state index >= 15 is 0 Å². The SMILES string of the molecule is O=C(O)Cn1c(=O)c(=O)[nH]c2c3cc(-n4ccc(CNC(=O)NCc5ccccc5)c4)ccc3ccc21. The number of H-pyrrole nitrogens is 1. The van der Waals surface area contributed by atoms with Gasteiger partial charge in [-0.2, -0.15) is 0 Å². The van der Waals surface area contributed by atoms with Crippen molar-refractivity contribution < 1.29 is 14.7 Å². The summed E-state index contributed by atoms with van der Waals surface area (Å²) in [5.41, 5.74) is 1.60. The summed E-state index contributed by atoms with van der Waals surface area (Å²) in [6.07, 6.45) is 3.74. The van der Waals surface area contributed by atoms with Crippen LogP contribution in [-0.2, 0) is 24.4 Å². The lowest BCUT2D eigenvalue weighted by atomic mass is 10.1. The Morgan fingerprint density at radius 3 is 2.38 bits per heavy atom. The summed E-state index contributed by atoms with van der Waals surface area (Å²) in [6, 6.07) is 20.3. The summed E-state index contributed by atoms with van der Waals surface area (Å²) in [5, 5.41) is 16.3. The standard InChI is InChI=1S/C27H23N5O5/c33-23(34)16-32-22-9-7-19-6-8-20(12-21(19)24(22)30-25(35)26(32)36)31-11-10-18(15-31)14-29-27(37)28-13-17-4-2-1-3-5-17/h1-12,15H,13-14,16H2,(H,30,35)(H,33,34)(H2,28,29,37). The van der Waals surface area contributed by atoms with E-state index in [9.17, 15) is 24.3 Å². The normalized spacial score (nSPS) is 11.0. The Kier molecular flexibility index (Phi) is 6.29. The number of benzene rings is 3. The molecule has 0 spiro atoms. The van der Waals surface area contributed by atoms with Gasteiger partial charge in [0, 0.05) is 36.6 Å². The molecule has 3 aromatic carbocycles. The zero-order valence-electron chi connectivity index (χ0n) is 19.6. The maximum Gasteiger partial charge on any atom is 0.323 e. The fraction of sp³-hybridized carbons (Fsp3) is 0.111. The van der Waals surface area contributed by atoms with E-state index in [1.165, 1.54) is 0 Å². The lowest BCUT2D eigenvalue weighted by molar-refractivity contribution is -0.137. The number of rotatable bonds is 7. The van der Waals surface area contributed by atoms with E-state index in [0.29, 0.717) is 29.5 Å². The third kappa shape index (κ3) is 4.98. The van der Waals surface area contributed by atoms with Gasteiger partial charge >= 0.3 is 23.1 Å². The largest absolute Gasteiger partial charge is 0.480 e. The molecule has 37 heavy (non-hydrogen) atoms. The van der Waals surface area contributed by atoms with Gasteiger partial charge in [-0.3, -0.25) is 19.0 Å². The highest BCUT2D eigenvalue weighted by atomic mass is 16.4. The van der Waals surface area contributed by atoms with Gasteiger partial charge in [-0.15, -0.1) is 0 Å². The molecule has 0 aliphatic heterocycles. The lowest BCUT2D eigenvalue weighted by Crippen LogP contribution is -2.37. The molecule has 0 radical (unpaired) electrons. The summed E-state index contributed by atoms with van der Waals surface area (Å²) >= 11 is 0. The summed E-state index contributed by atoms with van der Waals surface area (Å²) in [4.78, 5) is 50.6. The number of hydrogen-bond donors (Lipinski definition) is 4. The molecule has 0 aliphatic carbocycles. The molecule has 0 fully saturated rings. The average Bonchev–Trinajstić information content (AvgIpc) is 3.38. The van der Waals surface area contributed by atoms with Gasteiger partial charge in [-0.1, -0.05) is 42.5 Å². The van der Waals surface area contributed by atoms with Crippen LogP contribution < -0.4 is 21.8 Å². The van der Waals surface area contributed by atoms with Crippen molar-refractivity contribution in [1.29, 1.82) is 0 Å². The zero-order chi connectivity index (χ0) is 25.9. The third-order valence-electron chi connectivity index (χ3n) is 6.05. The van der Waals surface area contributed by atoms with Gasteiger partial charge in [0.25, 0.3) is 0 Å². The van der Waals surface area contributed by atoms with Crippen LogP contribution in [0.4, 0.5) is 4.79 Å². The number of aromatic amines is 1. The maximum atomic E-state index is 12.3. The van der Waals surface area contributed by atoms with Crippen molar-refractivity contribution >= 4 is 33.8 Å². The van der Waals surface area contributed by atoms with Crippen molar-refractivity contribution in [1.82, 2.24) is 24.8 Å². The Labute approximate surface area is 209 Å². The minimum Gasteiger partial charge on any atom is -0.480 e. The van der Waals surface area contributed by atoms with E-state index in [1.807, 2.05) is 71.6 Å². The van der Waals surface area contributed by atoms with Crippen molar-refractivity contribution in [2.75, 3.05) is 0 Å².